The summed E-state index contributed by atoms with van der Waals surface area (Å²) >= 11 is 3.85. The van der Waals surface area contributed by atoms with Crippen LogP contribution in [-0.2, 0) is 4.79 Å². The Morgan fingerprint density at radius 2 is 1.77 bits per heavy atom. The minimum atomic E-state index is -4.81. The Balaban J connectivity index is 2.14. The maximum Gasteiger partial charge on any atom is 0.435 e. The van der Waals surface area contributed by atoms with E-state index >= 15 is 0 Å². The highest BCUT2D eigenvalue weighted by Gasteiger charge is 2.46. The number of aromatic hydroxyl groups is 1. The topological polar surface area (TPSA) is 52.9 Å². The Hall–Kier alpha value is -1.63. The van der Waals surface area contributed by atoms with E-state index in [2.05, 4.69) is 5.10 Å². The van der Waals surface area contributed by atoms with Crippen molar-refractivity contribution in [2.45, 2.75) is 6.18 Å². The third-order valence-corrected chi connectivity index (χ3v) is 4.95. The summed E-state index contributed by atoms with van der Waals surface area (Å²) in [5.74, 6) is -1.09. The molecule has 0 spiro atoms. The molecule has 0 bridgehead atoms. The molecule has 1 heterocycles. The molecular weight excluding hydrogens is 575 g/mol. The molecule has 0 aromatic heterocycles. The number of alkyl halides is 3. The standard InChI is InChI=1S/C17H9F3I2N2O2/c18-17(19,20)15-12(7-9-6-10(21)8-13(22)14(9)25)16(26)24(23-15)11-4-2-1-3-5-11/h1-8,25H/b12-7-. The summed E-state index contributed by atoms with van der Waals surface area (Å²) < 4.78 is 41.4. The maximum atomic E-state index is 13.4. The molecule has 2 aromatic rings. The number of carbonyl (C=O) groups excluding carboxylic acids is 1. The van der Waals surface area contributed by atoms with Crippen LogP contribution in [0.5, 0.6) is 5.75 Å². The van der Waals surface area contributed by atoms with E-state index < -0.39 is 23.4 Å². The van der Waals surface area contributed by atoms with Gasteiger partial charge in [0.2, 0.25) is 0 Å². The molecule has 134 valence electrons. The summed E-state index contributed by atoms with van der Waals surface area (Å²) in [6, 6.07) is 11.0. The zero-order chi connectivity index (χ0) is 19.1. The smallest absolute Gasteiger partial charge is 0.435 e. The van der Waals surface area contributed by atoms with Gasteiger partial charge in [-0.1, -0.05) is 18.2 Å². The number of hydrogen-bond acceptors (Lipinski definition) is 3. The van der Waals surface area contributed by atoms with Crippen molar-refractivity contribution in [2.24, 2.45) is 5.10 Å². The van der Waals surface area contributed by atoms with Gasteiger partial charge in [-0.25, -0.2) is 0 Å². The third kappa shape index (κ3) is 3.72. The number of phenols is 1. The van der Waals surface area contributed by atoms with Crippen molar-refractivity contribution in [2.75, 3.05) is 5.01 Å². The number of nitrogens with zero attached hydrogens (tertiary/aromatic N) is 2. The number of hydrogen-bond donors (Lipinski definition) is 1. The second-order valence-corrected chi connectivity index (χ2v) is 7.69. The minimum absolute atomic E-state index is 0.122. The van der Waals surface area contributed by atoms with Crippen molar-refractivity contribution in [3.8, 4) is 5.75 Å². The molecule has 0 atom stereocenters. The lowest BCUT2D eigenvalue weighted by atomic mass is 10.1. The van der Waals surface area contributed by atoms with Gasteiger partial charge in [0.15, 0.2) is 5.71 Å². The van der Waals surface area contributed by atoms with Crippen molar-refractivity contribution < 1.29 is 23.1 Å². The average molecular weight is 584 g/mol. The van der Waals surface area contributed by atoms with E-state index in [0.717, 1.165) is 6.08 Å². The number of phenolic OH excluding ortho intramolecular Hbond substituents is 1. The van der Waals surface area contributed by atoms with E-state index in [0.29, 0.717) is 12.1 Å². The molecule has 0 saturated heterocycles. The SMILES string of the molecule is O=C1/C(=C\c2cc(I)cc(I)c2O)C(C(F)(F)F)=NN1c1ccccc1. The second kappa shape index (κ2) is 7.18. The lowest BCUT2D eigenvalue weighted by Crippen LogP contribution is -2.25. The van der Waals surface area contributed by atoms with Crippen LogP contribution in [0.15, 0.2) is 53.1 Å². The van der Waals surface area contributed by atoms with Crippen molar-refractivity contribution in [1.29, 1.82) is 0 Å². The first-order valence-corrected chi connectivity index (χ1v) is 9.29. The number of carbonyl (C=O) groups is 1. The van der Waals surface area contributed by atoms with E-state index in [4.69, 9.17) is 0 Å². The van der Waals surface area contributed by atoms with Gasteiger partial charge < -0.3 is 5.11 Å². The molecule has 0 aliphatic carbocycles. The van der Waals surface area contributed by atoms with E-state index in [9.17, 15) is 23.1 Å². The first kappa shape index (κ1) is 19.1. The molecule has 1 N–H and O–H groups in total. The maximum absolute atomic E-state index is 13.4. The Morgan fingerprint density at radius 3 is 2.38 bits per heavy atom. The molecule has 0 radical (unpaired) electrons. The molecule has 4 nitrogen and oxygen atoms in total. The van der Waals surface area contributed by atoms with Crippen LogP contribution in [0.4, 0.5) is 18.9 Å². The van der Waals surface area contributed by atoms with Crippen LogP contribution in [0.1, 0.15) is 5.56 Å². The van der Waals surface area contributed by atoms with Gasteiger partial charge in [-0.3, -0.25) is 4.79 Å². The van der Waals surface area contributed by atoms with Gasteiger partial charge in [-0.05, 0) is 75.5 Å². The number of benzene rings is 2. The number of para-hydroxylation sites is 1. The van der Waals surface area contributed by atoms with Crippen LogP contribution < -0.4 is 5.01 Å². The van der Waals surface area contributed by atoms with Crippen LogP contribution in [0, 0.1) is 7.14 Å². The molecular formula is C17H9F3I2N2O2. The van der Waals surface area contributed by atoms with E-state index in [-0.39, 0.29) is 17.0 Å². The second-order valence-electron chi connectivity index (χ2n) is 5.28. The summed E-state index contributed by atoms with van der Waals surface area (Å²) in [5.41, 5.74) is -1.56. The highest BCUT2D eigenvalue weighted by molar-refractivity contribution is 14.1. The van der Waals surface area contributed by atoms with Crippen LogP contribution in [0.25, 0.3) is 6.08 Å². The Kier molecular flexibility index (Phi) is 5.28. The van der Waals surface area contributed by atoms with E-state index in [1.165, 1.54) is 18.2 Å². The van der Waals surface area contributed by atoms with E-state index in [1.54, 1.807) is 24.3 Å². The number of halogens is 5. The first-order chi connectivity index (χ1) is 12.2. The molecule has 1 aliphatic rings. The van der Waals surface area contributed by atoms with Crippen LogP contribution in [-0.4, -0.2) is 22.9 Å². The largest absolute Gasteiger partial charge is 0.506 e. The molecule has 0 saturated carbocycles. The van der Waals surface area contributed by atoms with Crippen molar-refractivity contribution in [1.82, 2.24) is 0 Å². The van der Waals surface area contributed by atoms with Crippen LogP contribution >= 0.6 is 45.2 Å². The molecule has 3 rings (SSSR count). The first-order valence-electron chi connectivity index (χ1n) is 7.14. The summed E-state index contributed by atoms with van der Waals surface area (Å²) in [6.45, 7) is 0. The van der Waals surface area contributed by atoms with Gasteiger partial charge in [-0.2, -0.15) is 23.3 Å². The number of amides is 1. The predicted octanol–water partition coefficient (Wildman–Crippen LogP) is 4.95. The molecule has 1 aliphatic heterocycles. The fraction of sp³-hybridized carbons (Fsp3) is 0.0588. The predicted molar refractivity (Wildman–Crippen MR) is 109 cm³/mol. The average Bonchev–Trinajstić information content (AvgIpc) is 2.90. The Labute approximate surface area is 173 Å². The lowest BCUT2D eigenvalue weighted by Gasteiger charge is -2.11. The van der Waals surface area contributed by atoms with Crippen molar-refractivity contribution >= 4 is 68.6 Å². The molecule has 26 heavy (non-hydrogen) atoms. The zero-order valence-electron chi connectivity index (χ0n) is 12.8. The number of hydrazone groups is 1. The fourth-order valence-electron chi connectivity index (χ4n) is 2.35. The summed E-state index contributed by atoms with van der Waals surface area (Å²) in [7, 11) is 0. The normalized spacial score (nSPS) is 16.3. The Bertz CT molecular complexity index is 941. The summed E-state index contributed by atoms with van der Waals surface area (Å²) in [5, 5.41) is 14.3. The van der Waals surface area contributed by atoms with Crippen LogP contribution in [0.2, 0.25) is 0 Å². The third-order valence-electron chi connectivity index (χ3n) is 3.50. The van der Waals surface area contributed by atoms with Gasteiger partial charge in [0, 0.05) is 9.13 Å². The number of rotatable bonds is 2. The summed E-state index contributed by atoms with van der Waals surface area (Å²) in [6.07, 6.45) is -3.78. The minimum Gasteiger partial charge on any atom is -0.506 e. The zero-order valence-corrected chi connectivity index (χ0v) is 17.1. The van der Waals surface area contributed by atoms with E-state index in [1.807, 2.05) is 45.2 Å². The van der Waals surface area contributed by atoms with Gasteiger partial charge in [0.1, 0.15) is 5.75 Å². The molecule has 1 amide bonds. The summed E-state index contributed by atoms with van der Waals surface area (Å²) in [4.78, 5) is 12.6. The highest BCUT2D eigenvalue weighted by Crippen LogP contribution is 2.35. The highest BCUT2D eigenvalue weighted by atomic mass is 127. The van der Waals surface area contributed by atoms with Crippen molar-refractivity contribution in [3.05, 3.63) is 60.7 Å². The van der Waals surface area contributed by atoms with Crippen molar-refractivity contribution in [3.63, 3.8) is 0 Å². The molecule has 9 heteroatoms. The molecule has 2 aromatic carbocycles. The van der Waals surface area contributed by atoms with Crippen LogP contribution in [0.3, 0.4) is 0 Å². The molecule has 0 fully saturated rings. The van der Waals surface area contributed by atoms with Gasteiger partial charge >= 0.3 is 6.18 Å². The monoisotopic (exact) mass is 584 g/mol. The lowest BCUT2D eigenvalue weighted by molar-refractivity contribution is -0.114. The fourth-order valence-corrected chi connectivity index (χ4v) is 4.24. The number of anilines is 1. The van der Waals surface area contributed by atoms with Gasteiger partial charge in [-0.15, -0.1) is 0 Å². The Morgan fingerprint density at radius 1 is 1.12 bits per heavy atom. The van der Waals surface area contributed by atoms with Gasteiger partial charge in [0.05, 0.1) is 14.8 Å². The molecule has 0 unspecified atom stereocenters. The quantitative estimate of drug-likeness (QED) is 0.402. The van der Waals surface area contributed by atoms with Gasteiger partial charge in [0.25, 0.3) is 5.91 Å².